The van der Waals surface area contributed by atoms with Crippen molar-refractivity contribution in [2.75, 3.05) is 14.2 Å². The summed E-state index contributed by atoms with van der Waals surface area (Å²) in [6.07, 6.45) is 1.69. The van der Waals surface area contributed by atoms with Crippen LogP contribution in [0.25, 0.3) is 11.4 Å². The van der Waals surface area contributed by atoms with E-state index in [1.54, 1.807) is 12.0 Å². The van der Waals surface area contributed by atoms with Crippen LogP contribution in [0.3, 0.4) is 0 Å². The number of carbonyl (C=O) groups is 1. The number of nitrogens with zero attached hydrogens (tertiary/aromatic N) is 3. The van der Waals surface area contributed by atoms with Crippen molar-refractivity contribution in [3.05, 3.63) is 65.5 Å². The molecular weight excluding hydrogens is 354 g/mol. The van der Waals surface area contributed by atoms with Crippen LogP contribution in [0.5, 0.6) is 5.75 Å². The lowest BCUT2D eigenvalue weighted by atomic mass is 10.1. The van der Waals surface area contributed by atoms with Gasteiger partial charge in [-0.1, -0.05) is 29.4 Å². The Labute approximate surface area is 165 Å². The van der Waals surface area contributed by atoms with E-state index >= 15 is 0 Å². The summed E-state index contributed by atoms with van der Waals surface area (Å²) in [5.41, 5.74) is 3.23. The minimum absolute atomic E-state index is 0.109. The number of hydrogen-bond donors (Lipinski definition) is 0. The fourth-order valence-electron chi connectivity index (χ4n) is 2.93. The van der Waals surface area contributed by atoms with Gasteiger partial charge in [0.25, 0.3) is 0 Å². The van der Waals surface area contributed by atoms with Crippen LogP contribution in [0.4, 0.5) is 0 Å². The fourth-order valence-corrected chi connectivity index (χ4v) is 2.93. The predicted octanol–water partition coefficient (Wildman–Crippen LogP) is 4.03. The van der Waals surface area contributed by atoms with Crippen molar-refractivity contribution < 1.29 is 14.1 Å². The molecule has 0 N–H and O–H groups in total. The summed E-state index contributed by atoms with van der Waals surface area (Å²) in [6.45, 7) is 2.68. The van der Waals surface area contributed by atoms with Gasteiger partial charge < -0.3 is 14.2 Å². The summed E-state index contributed by atoms with van der Waals surface area (Å²) in [5, 5.41) is 4.02. The number of rotatable bonds is 8. The van der Waals surface area contributed by atoms with Crippen molar-refractivity contribution in [2.24, 2.45) is 0 Å². The zero-order valence-corrected chi connectivity index (χ0v) is 16.5. The van der Waals surface area contributed by atoms with E-state index in [2.05, 4.69) is 29.2 Å². The molecule has 2 aromatic carbocycles. The Morgan fingerprint density at radius 3 is 2.61 bits per heavy atom. The molecule has 0 atom stereocenters. The molecule has 1 amide bonds. The fraction of sp³-hybridized carbons (Fsp3) is 0.318. The molecule has 0 unspecified atom stereocenters. The quantitative estimate of drug-likeness (QED) is 0.591. The van der Waals surface area contributed by atoms with Gasteiger partial charge >= 0.3 is 0 Å². The highest BCUT2D eigenvalue weighted by molar-refractivity contribution is 5.75. The van der Waals surface area contributed by atoms with E-state index in [4.69, 9.17) is 9.26 Å². The maximum atomic E-state index is 12.4. The maximum absolute atomic E-state index is 12.4. The highest BCUT2D eigenvalue weighted by Crippen LogP contribution is 2.20. The third-order valence-electron chi connectivity index (χ3n) is 4.69. The Hall–Kier alpha value is -3.15. The molecule has 146 valence electrons. The Morgan fingerprint density at radius 1 is 1.14 bits per heavy atom. The predicted molar refractivity (Wildman–Crippen MR) is 107 cm³/mol. The zero-order valence-electron chi connectivity index (χ0n) is 16.5. The summed E-state index contributed by atoms with van der Waals surface area (Å²) >= 11 is 0. The lowest BCUT2D eigenvalue weighted by Crippen LogP contribution is -2.26. The molecule has 3 rings (SSSR count). The van der Waals surface area contributed by atoms with Gasteiger partial charge in [-0.15, -0.1) is 0 Å². The molecule has 0 bridgehead atoms. The Bertz CT molecular complexity index is 919. The number of hydrogen-bond acceptors (Lipinski definition) is 5. The second-order valence-corrected chi connectivity index (χ2v) is 6.77. The summed E-state index contributed by atoms with van der Waals surface area (Å²) in [5.74, 6) is 1.97. The molecule has 0 saturated heterocycles. The summed E-state index contributed by atoms with van der Waals surface area (Å²) in [7, 11) is 3.46. The van der Waals surface area contributed by atoms with Crippen LogP contribution in [0.2, 0.25) is 0 Å². The largest absolute Gasteiger partial charge is 0.497 e. The molecule has 0 aliphatic rings. The van der Waals surface area contributed by atoms with Crippen molar-refractivity contribution in [2.45, 2.75) is 32.7 Å². The molecule has 0 saturated carbocycles. The van der Waals surface area contributed by atoms with Crippen LogP contribution >= 0.6 is 0 Å². The maximum Gasteiger partial charge on any atom is 0.226 e. The van der Waals surface area contributed by atoms with Crippen LogP contribution in [0.15, 0.2) is 53.1 Å². The Kier molecular flexibility index (Phi) is 6.42. The second-order valence-electron chi connectivity index (χ2n) is 6.77. The minimum Gasteiger partial charge on any atom is -0.497 e. The Balaban J connectivity index is 1.48. The molecule has 0 fully saturated rings. The summed E-state index contributed by atoms with van der Waals surface area (Å²) < 4.78 is 10.5. The number of carbonyl (C=O) groups excluding carboxylic acids is 1. The first kappa shape index (κ1) is 19.6. The molecular formula is C22H25N3O3. The van der Waals surface area contributed by atoms with Crippen molar-refractivity contribution in [3.63, 3.8) is 0 Å². The van der Waals surface area contributed by atoms with E-state index in [1.165, 1.54) is 11.1 Å². The number of ether oxygens (including phenoxy) is 1. The van der Waals surface area contributed by atoms with Crippen molar-refractivity contribution in [1.29, 1.82) is 0 Å². The first-order chi connectivity index (χ1) is 13.6. The number of aryl methyl sites for hydroxylation is 2. The van der Waals surface area contributed by atoms with E-state index < -0.39 is 0 Å². The van der Waals surface area contributed by atoms with E-state index in [9.17, 15) is 4.79 Å². The van der Waals surface area contributed by atoms with Gasteiger partial charge in [0.1, 0.15) is 5.75 Å². The van der Waals surface area contributed by atoms with E-state index in [0.29, 0.717) is 37.5 Å². The van der Waals surface area contributed by atoms with Crippen molar-refractivity contribution in [3.8, 4) is 17.1 Å². The second kappa shape index (κ2) is 9.17. The third-order valence-corrected chi connectivity index (χ3v) is 4.69. The average molecular weight is 379 g/mol. The topological polar surface area (TPSA) is 68.5 Å². The first-order valence-corrected chi connectivity index (χ1v) is 9.32. The van der Waals surface area contributed by atoms with Crippen LogP contribution in [0, 0.1) is 6.92 Å². The summed E-state index contributed by atoms with van der Waals surface area (Å²) in [4.78, 5) is 18.6. The van der Waals surface area contributed by atoms with Gasteiger partial charge in [0.15, 0.2) is 0 Å². The van der Waals surface area contributed by atoms with E-state index in [1.807, 2.05) is 43.4 Å². The molecule has 0 radical (unpaired) electrons. The minimum atomic E-state index is 0.109. The molecule has 1 heterocycles. The van der Waals surface area contributed by atoms with Crippen LogP contribution in [-0.2, 0) is 17.8 Å². The van der Waals surface area contributed by atoms with Gasteiger partial charge in [-0.3, -0.25) is 4.79 Å². The molecule has 6 heteroatoms. The lowest BCUT2D eigenvalue weighted by Gasteiger charge is -2.18. The van der Waals surface area contributed by atoms with Crippen molar-refractivity contribution >= 4 is 5.91 Å². The number of benzene rings is 2. The number of amides is 1. The highest BCUT2D eigenvalue weighted by Gasteiger charge is 2.13. The van der Waals surface area contributed by atoms with Gasteiger partial charge in [-0.2, -0.15) is 4.98 Å². The zero-order chi connectivity index (χ0) is 19.9. The number of methoxy groups -OCH3 is 1. The van der Waals surface area contributed by atoms with Crippen LogP contribution in [-0.4, -0.2) is 35.1 Å². The lowest BCUT2D eigenvalue weighted by molar-refractivity contribution is -0.130. The first-order valence-electron chi connectivity index (χ1n) is 9.32. The SMILES string of the molecule is COc1ccc(-c2noc(CCCC(=O)N(C)Cc3ccccc3C)n2)cc1. The molecule has 0 spiro atoms. The van der Waals surface area contributed by atoms with Crippen molar-refractivity contribution in [1.82, 2.24) is 15.0 Å². The molecule has 0 aliphatic carbocycles. The van der Waals surface area contributed by atoms with E-state index in [-0.39, 0.29) is 5.91 Å². The van der Waals surface area contributed by atoms with Crippen LogP contribution < -0.4 is 4.74 Å². The van der Waals surface area contributed by atoms with E-state index in [0.717, 1.165) is 11.3 Å². The van der Waals surface area contributed by atoms with Gasteiger partial charge in [-0.25, -0.2) is 0 Å². The van der Waals surface area contributed by atoms with Gasteiger partial charge in [0.05, 0.1) is 7.11 Å². The van der Waals surface area contributed by atoms with Gasteiger partial charge in [-0.05, 0) is 48.7 Å². The highest BCUT2D eigenvalue weighted by atomic mass is 16.5. The smallest absolute Gasteiger partial charge is 0.226 e. The summed E-state index contributed by atoms with van der Waals surface area (Å²) in [6, 6.07) is 15.6. The molecule has 1 aromatic heterocycles. The molecule has 0 aliphatic heterocycles. The van der Waals surface area contributed by atoms with Gasteiger partial charge in [0.2, 0.25) is 17.6 Å². The third kappa shape index (κ3) is 4.97. The molecule has 6 nitrogen and oxygen atoms in total. The molecule has 3 aromatic rings. The standard InChI is InChI=1S/C22H25N3O3/c1-16-7-4-5-8-18(16)15-25(2)21(26)10-6-9-20-23-22(24-28-20)17-11-13-19(27-3)14-12-17/h4-5,7-8,11-14H,6,9-10,15H2,1-3H3. The normalized spacial score (nSPS) is 10.7. The average Bonchev–Trinajstić information content (AvgIpc) is 3.18. The van der Waals surface area contributed by atoms with Crippen LogP contribution in [0.1, 0.15) is 29.9 Å². The number of aromatic nitrogens is 2. The monoisotopic (exact) mass is 379 g/mol. The molecule has 28 heavy (non-hydrogen) atoms. The van der Waals surface area contributed by atoms with Gasteiger partial charge in [0, 0.05) is 32.0 Å². The Morgan fingerprint density at radius 2 is 1.89 bits per heavy atom.